The van der Waals surface area contributed by atoms with E-state index in [0.717, 1.165) is 31.7 Å². The van der Waals surface area contributed by atoms with Gasteiger partial charge in [0.15, 0.2) is 0 Å². The second kappa shape index (κ2) is 8.80. The molecule has 1 N–H and O–H groups in total. The molecule has 0 aliphatic heterocycles. The van der Waals surface area contributed by atoms with Gasteiger partial charge in [0.1, 0.15) is 0 Å². The molecule has 19 heavy (non-hydrogen) atoms. The van der Waals surface area contributed by atoms with E-state index in [4.69, 9.17) is 27.9 Å². The molecule has 0 saturated carbocycles. The molecule has 0 radical (unpaired) electrons. The van der Waals surface area contributed by atoms with E-state index in [1.54, 1.807) is 6.07 Å². The Morgan fingerprint density at radius 3 is 2.63 bits per heavy atom. The fourth-order valence-electron chi connectivity index (χ4n) is 1.78. The van der Waals surface area contributed by atoms with Crippen molar-refractivity contribution in [2.75, 3.05) is 19.8 Å². The average Bonchev–Trinajstić information content (AvgIpc) is 2.36. The van der Waals surface area contributed by atoms with Crippen LogP contribution in [0.3, 0.4) is 0 Å². The number of ether oxygens (including phenoxy) is 1. The van der Waals surface area contributed by atoms with E-state index < -0.39 is 0 Å². The number of hydrogen-bond acceptors (Lipinski definition) is 2. The number of hydrogen-bond donors (Lipinski definition) is 1. The van der Waals surface area contributed by atoms with Crippen LogP contribution in [0.15, 0.2) is 18.2 Å². The molecule has 0 saturated heterocycles. The number of halogens is 2. The normalized spacial score (nSPS) is 12.9. The quantitative estimate of drug-likeness (QED) is 0.702. The molecular weight excluding hydrogens is 281 g/mol. The van der Waals surface area contributed by atoms with Crippen LogP contribution in [0.5, 0.6) is 0 Å². The highest BCUT2D eigenvalue weighted by atomic mass is 35.5. The van der Waals surface area contributed by atoms with Crippen molar-refractivity contribution >= 4 is 23.2 Å². The molecule has 0 aliphatic rings. The molecule has 2 nitrogen and oxygen atoms in total. The Balaban J connectivity index is 2.28. The molecule has 1 aromatic rings. The second-order valence-electron chi connectivity index (χ2n) is 5.14. The summed E-state index contributed by atoms with van der Waals surface area (Å²) in [6.45, 7) is 8.93. The van der Waals surface area contributed by atoms with Crippen LogP contribution in [-0.4, -0.2) is 19.8 Å². The first-order valence-electron chi connectivity index (χ1n) is 6.77. The Kier molecular flexibility index (Phi) is 7.77. The molecule has 0 fully saturated rings. The minimum absolute atomic E-state index is 0.191. The summed E-state index contributed by atoms with van der Waals surface area (Å²) in [6.07, 6.45) is 0.995. The topological polar surface area (TPSA) is 21.3 Å². The Labute approximate surface area is 126 Å². The molecule has 4 heteroatoms. The molecule has 1 atom stereocenters. The Morgan fingerprint density at radius 2 is 1.95 bits per heavy atom. The standard InChI is InChI=1S/C15H23Cl2NO/c1-11(2)10-19-9-5-8-18-12(3)13-6-4-7-14(16)15(13)17/h4,6-7,11-12,18H,5,8-10H2,1-3H3. The monoisotopic (exact) mass is 303 g/mol. The van der Waals surface area contributed by atoms with Gasteiger partial charge in [0.25, 0.3) is 0 Å². The fraction of sp³-hybridized carbons (Fsp3) is 0.600. The molecule has 0 aliphatic carbocycles. The van der Waals surface area contributed by atoms with Crippen molar-refractivity contribution in [1.82, 2.24) is 5.32 Å². The molecule has 0 bridgehead atoms. The predicted molar refractivity (Wildman–Crippen MR) is 83.2 cm³/mol. The summed E-state index contributed by atoms with van der Waals surface area (Å²) in [5, 5.41) is 4.68. The highest BCUT2D eigenvalue weighted by Gasteiger charge is 2.10. The summed E-state index contributed by atoms with van der Waals surface area (Å²) in [7, 11) is 0. The van der Waals surface area contributed by atoms with Gasteiger partial charge >= 0.3 is 0 Å². The molecule has 108 valence electrons. The van der Waals surface area contributed by atoms with Crippen LogP contribution in [0, 0.1) is 5.92 Å². The summed E-state index contributed by atoms with van der Waals surface area (Å²) in [5.41, 5.74) is 1.04. The van der Waals surface area contributed by atoms with Gasteiger partial charge in [0.05, 0.1) is 10.0 Å². The van der Waals surface area contributed by atoms with Crippen molar-refractivity contribution in [3.05, 3.63) is 33.8 Å². The molecule has 1 aromatic carbocycles. The first-order chi connectivity index (χ1) is 9.02. The van der Waals surface area contributed by atoms with Gasteiger partial charge in [0.2, 0.25) is 0 Å². The maximum absolute atomic E-state index is 6.19. The summed E-state index contributed by atoms with van der Waals surface area (Å²) in [5.74, 6) is 0.595. The van der Waals surface area contributed by atoms with Gasteiger partial charge in [-0.15, -0.1) is 0 Å². The second-order valence-corrected chi connectivity index (χ2v) is 5.93. The minimum Gasteiger partial charge on any atom is -0.381 e. The zero-order valence-electron chi connectivity index (χ0n) is 11.9. The molecule has 0 spiro atoms. The van der Waals surface area contributed by atoms with Crippen LogP contribution >= 0.6 is 23.2 Å². The summed E-state index contributed by atoms with van der Waals surface area (Å²) < 4.78 is 5.54. The van der Waals surface area contributed by atoms with Gasteiger partial charge < -0.3 is 10.1 Å². The van der Waals surface area contributed by atoms with Crippen molar-refractivity contribution < 1.29 is 4.74 Å². The van der Waals surface area contributed by atoms with E-state index in [0.29, 0.717) is 16.0 Å². The van der Waals surface area contributed by atoms with E-state index in [1.807, 2.05) is 12.1 Å². The molecular formula is C15H23Cl2NO. The first kappa shape index (κ1) is 16.8. The first-order valence-corrected chi connectivity index (χ1v) is 7.53. The van der Waals surface area contributed by atoms with Gasteiger partial charge in [-0.25, -0.2) is 0 Å². The van der Waals surface area contributed by atoms with Gasteiger partial charge in [-0.05, 0) is 37.4 Å². The zero-order valence-corrected chi connectivity index (χ0v) is 13.4. The van der Waals surface area contributed by atoms with Crippen LogP contribution in [0.2, 0.25) is 10.0 Å². The van der Waals surface area contributed by atoms with E-state index >= 15 is 0 Å². The lowest BCUT2D eigenvalue weighted by molar-refractivity contribution is 0.107. The maximum Gasteiger partial charge on any atom is 0.0639 e. The van der Waals surface area contributed by atoms with Crippen LogP contribution < -0.4 is 5.32 Å². The Hall–Kier alpha value is -0.280. The summed E-state index contributed by atoms with van der Waals surface area (Å²) >= 11 is 12.2. The molecule has 1 rings (SSSR count). The Morgan fingerprint density at radius 1 is 1.21 bits per heavy atom. The fourth-order valence-corrected chi connectivity index (χ4v) is 2.25. The van der Waals surface area contributed by atoms with Crippen LogP contribution in [0.1, 0.15) is 38.8 Å². The average molecular weight is 304 g/mol. The summed E-state index contributed by atoms with van der Waals surface area (Å²) in [4.78, 5) is 0. The van der Waals surface area contributed by atoms with Crippen molar-refractivity contribution in [3.8, 4) is 0 Å². The predicted octanol–water partition coefficient (Wildman–Crippen LogP) is 4.71. The van der Waals surface area contributed by atoms with Crippen molar-refractivity contribution in [2.24, 2.45) is 5.92 Å². The molecule has 1 unspecified atom stereocenters. The zero-order chi connectivity index (χ0) is 14.3. The van der Waals surface area contributed by atoms with E-state index in [-0.39, 0.29) is 6.04 Å². The van der Waals surface area contributed by atoms with Gasteiger partial charge in [-0.1, -0.05) is 49.2 Å². The van der Waals surface area contributed by atoms with Gasteiger partial charge in [-0.3, -0.25) is 0 Å². The van der Waals surface area contributed by atoms with Gasteiger partial charge in [0, 0.05) is 19.3 Å². The minimum atomic E-state index is 0.191. The lowest BCUT2D eigenvalue weighted by atomic mass is 10.1. The van der Waals surface area contributed by atoms with Crippen molar-refractivity contribution in [2.45, 2.75) is 33.2 Å². The van der Waals surface area contributed by atoms with Gasteiger partial charge in [-0.2, -0.15) is 0 Å². The highest BCUT2D eigenvalue weighted by molar-refractivity contribution is 6.42. The molecule has 0 aromatic heterocycles. The largest absolute Gasteiger partial charge is 0.381 e. The van der Waals surface area contributed by atoms with Crippen molar-refractivity contribution in [3.63, 3.8) is 0 Å². The van der Waals surface area contributed by atoms with E-state index in [1.165, 1.54) is 0 Å². The van der Waals surface area contributed by atoms with Crippen LogP contribution in [0.4, 0.5) is 0 Å². The third kappa shape index (κ3) is 6.13. The van der Waals surface area contributed by atoms with E-state index in [2.05, 4.69) is 26.1 Å². The number of benzene rings is 1. The summed E-state index contributed by atoms with van der Waals surface area (Å²) in [6, 6.07) is 5.92. The van der Waals surface area contributed by atoms with Crippen LogP contribution in [-0.2, 0) is 4.74 Å². The lowest BCUT2D eigenvalue weighted by Crippen LogP contribution is -2.21. The Bertz CT molecular complexity index is 382. The van der Waals surface area contributed by atoms with Crippen molar-refractivity contribution in [1.29, 1.82) is 0 Å². The third-order valence-electron chi connectivity index (χ3n) is 2.82. The lowest BCUT2D eigenvalue weighted by Gasteiger charge is -2.16. The smallest absolute Gasteiger partial charge is 0.0639 e. The highest BCUT2D eigenvalue weighted by Crippen LogP contribution is 2.29. The number of nitrogens with one attached hydrogen (secondary N) is 1. The number of rotatable bonds is 8. The molecule has 0 heterocycles. The molecule has 0 amide bonds. The SMILES string of the molecule is CC(C)COCCCNC(C)c1cccc(Cl)c1Cl. The third-order valence-corrected chi connectivity index (χ3v) is 3.65. The van der Waals surface area contributed by atoms with Crippen LogP contribution in [0.25, 0.3) is 0 Å². The van der Waals surface area contributed by atoms with E-state index in [9.17, 15) is 0 Å². The maximum atomic E-state index is 6.19.